The van der Waals surface area contributed by atoms with Crippen LogP contribution < -0.4 is 10.0 Å². The average molecular weight is 314 g/mol. The highest BCUT2D eigenvalue weighted by atomic mass is 32.2. The van der Waals surface area contributed by atoms with Crippen LogP contribution in [0.5, 0.6) is 0 Å². The second-order valence-corrected chi connectivity index (χ2v) is 5.99. The van der Waals surface area contributed by atoms with Crippen molar-refractivity contribution >= 4 is 27.6 Å². The Morgan fingerprint density at radius 1 is 1.19 bits per heavy atom. The Bertz CT molecular complexity index is 610. The second-order valence-electron chi connectivity index (χ2n) is 4.42. The number of carboxylic acid groups (broad SMARTS) is 1. The third kappa shape index (κ3) is 5.16. The Morgan fingerprint density at radius 3 is 2.19 bits per heavy atom. The van der Waals surface area contributed by atoms with Crippen molar-refractivity contribution in [2.24, 2.45) is 5.14 Å². The predicted octanol–water partition coefficient (Wildman–Crippen LogP) is 0.942. The van der Waals surface area contributed by atoms with Gasteiger partial charge in [0.05, 0.1) is 4.90 Å². The number of amides is 1. The van der Waals surface area contributed by atoms with Gasteiger partial charge in [-0.15, -0.1) is 0 Å². The Hall–Kier alpha value is -1.93. The highest BCUT2D eigenvalue weighted by molar-refractivity contribution is 7.89. The van der Waals surface area contributed by atoms with Crippen molar-refractivity contribution < 1.29 is 23.1 Å². The quantitative estimate of drug-likeness (QED) is 0.776. The molecule has 0 aliphatic rings. The summed E-state index contributed by atoms with van der Waals surface area (Å²) >= 11 is 0. The highest BCUT2D eigenvalue weighted by Crippen LogP contribution is 2.18. The van der Waals surface area contributed by atoms with Crippen molar-refractivity contribution in [2.75, 3.05) is 11.4 Å². The number of hydrogen-bond donors (Lipinski definition) is 2. The van der Waals surface area contributed by atoms with E-state index in [0.29, 0.717) is 12.2 Å². The minimum Gasteiger partial charge on any atom is -0.481 e. The Kier molecular flexibility index (Phi) is 5.86. The molecule has 0 aliphatic carbocycles. The van der Waals surface area contributed by atoms with Gasteiger partial charge in [0.25, 0.3) is 0 Å². The molecule has 8 heteroatoms. The van der Waals surface area contributed by atoms with Crippen molar-refractivity contribution in [2.45, 2.75) is 31.1 Å². The Balaban J connectivity index is 2.80. The summed E-state index contributed by atoms with van der Waals surface area (Å²) in [6.07, 6.45) is 0.324. The van der Waals surface area contributed by atoms with Crippen LogP contribution in [0.25, 0.3) is 0 Å². The number of aliphatic carboxylic acids is 1. The van der Waals surface area contributed by atoms with E-state index in [1.54, 1.807) is 6.92 Å². The van der Waals surface area contributed by atoms with Crippen LogP contribution in [0, 0.1) is 0 Å². The van der Waals surface area contributed by atoms with Gasteiger partial charge < -0.3 is 10.0 Å². The van der Waals surface area contributed by atoms with E-state index >= 15 is 0 Å². The largest absolute Gasteiger partial charge is 0.481 e. The Labute approximate surface area is 123 Å². The SMILES string of the molecule is CCN(C(=O)CCCC(=O)O)c1ccc(S(N)(=O)=O)cc1. The number of carbonyl (C=O) groups excluding carboxylic acids is 1. The molecule has 0 bridgehead atoms. The maximum atomic E-state index is 12.0. The smallest absolute Gasteiger partial charge is 0.303 e. The lowest BCUT2D eigenvalue weighted by molar-refractivity contribution is -0.137. The summed E-state index contributed by atoms with van der Waals surface area (Å²) in [6, 6.07) is 5.66. The summed E-state index contributed by atoms with van der Waals surface area (Å²) in [6.45, 7) is 2.18. The number of nitrogens with two attached hydrogens (primary N) is 1. The first-order valence-electron chi connectivity index (χ1n) is 6.40. The molecular formula is C13H18N2O5S. The van der Waals surface area contributed by atoms with Gasteiger partial charge in [-0.1, -0.05) is 0 Å². The molecule has 0 atom stereocenters. The molecule has 0 fully saturated rings. The third-order valence-electron chi connectivity index (χ3n) is 2.88. The van der Waals surface area contributed by atoms with Crippen LogP contribution in [0.3, 0.4) is 0 Å². The molecule has 0 radical (unpaired) electrons. The topological polar surface area (TPSA) is 118 Å². The molecule has 0 heterocycles. The maximum absolute atomic E-state index is 12.0. The number of primary sulfonamides is 1. The van der Waals surface area contributed by atoms with Gasteiger partial charge in [-0.25, -0.2) is 13.6 Å². The lowest BCUT2D eigenvalue weighted by atomic mass is 10.2. The van der Waals surface area contributed by atoms with Crippen molar-refractivity contribution in [1.29, 1.82) is 0 Å². The molecule has 0 aliphatic heterocycles. The zero-order chi connectivity index (χ0) is 16.0. The van der Waals surface area contributed by atoms with E-state index < -0.39 is 16.0 Å². The molecule has 0 saturated heterocycles. The van der Waals surface area contributed by atoms with E-state index in [1.807, 2.05) is 0 Å². The molecule has 1 aromatic rings. The maximum Gasteiger partial charge on any atom is 0.303 e. The first-order valence-corrected chi connectivity index (χ1v) is 7.95. The van der Waals surface area contributed by atoms with E-state index in [1.165, 1.54) is 29.2 Å². The molecule has 21 heavy (non-hydrogen) atoms. The van der Waals surface area contributed by atoms with Gasteiger partial charge in [-0.05, 0) is 37.6 Å². The molecule has 0 aromatic heterocycles. The van der Waals surface area contributed by atoms with Gasteiger partial charge >= 0.3 is 5.97 Å². The minimum atomic E-state index is -3.76. The first-order chi connectivity index (χ1) is 9.75. The monoisotopic (exact) mass is 314 g/mol. The van der Waals surface area contributed by atoms with E-state index in [2.05, 4.69) is 0 Å². The van der Waals surface area contributed by atoms with Crippen LogP contribution >= 0.6 is 0 Å². The number of rotatable bonds is 7. The molecule has 0 spiro atoms. The van der Waals surface area contributed by atoms with Gasteiger partial charge in [0.2, 0.25) is 15.9 Å². The number of anilines is 1. The molecule has 1 amide bonds. The molecule has 7 nitrogen and oxygen atoms in total. The van der Waals surface area contributed by atoms with E-state index in [0.717, 1.165) is 0 Å². The lowest BCUT2D eigenvalue weighted by Gasteiger charge is -2.21. The summed E-state index contributed by atoms with van der Waals surface area (Å²) in [5.41, 5.74) is 0.547. The zero-order valence-electron chi connectivity index (χ0n) is 11.7. The molecule has 116 valence electrons. The molecule has 3 N–H and O–H groups in total. The van der Waals surface area contributed by atoms with Crippen molar-refractivity contribution in [3.63, 3.8) is 0 Å². The fraction of sp³-hybridized carbons (Fsp3) is 0.385. The Morgan fingerprint density at radius 2 is 1.76 bits per heavy atom. The standard InChI is InChI=1S/C13H18N2O5S/c1-2-15(12(16)4-3-5-13(17)18)10-6-8-11(9-7-10)21(14,19)20/h6-9H,2-5H2,1H3,(H,17,18)(H2,14,19,20). The van der Waals surface area contributed by atoms with E-state index in [-0.39, 0.29) is 30.1 Å². The zero-order valence-corrected chi connectivity index (χ0v) is 12.5. The van der Waals surface area contributed by atoms with Crippen LogP contribution in [0.1, 0.15) is 26.2 Å². The van der Waals surface area contributed by atoms with Crippen LogP contribution in [0.2, 0.25) is 0 Å². The molecular weight excluding hydrogens is 296 g/mol. The highest BCUT2D eigenvalue weighted by Gasteiger charge is 2.15. The van der Waals surface area contributed by atoms with Crippen molar-refractivity contribution in [3.05, 3.63) is 24.3 Å². The number of carboxylic acids is 1. The minimum absolute atomic E-state index is 0.0272. The van der Waals surface area contributed by atoms with Crippen LogP contribution in [-0.4, -0.2) is 31.9 Å². The fourth-order valence-electron chi connectivity index (χ4n) is 1.84. The van der Waals surface area contributed by atoms with Crippen LogP contribution in [0.4, 0.5) is 5.69 Å². The molecule has 0 saturated carbocycles. The van der Waals surface area contributed by atoms with Crippen LogP contribution in [0.15, 0.2) is 29.2 Å². The fourth-order valence-corrected chi connectivity index (χ4v) is 2.36. The summed E-state index contributed by atoms with van der Waals surface area (Å²) in [5.74, 6) is -1.15. The van der Waals surface area contributed by atoms with Gasteiger partial charge in [-0.2, -0.15) is 0 Å². The van der Waals surface area contributed by atoms with E-state index in [4.69, 9.17) is 10.2 Å². The number of sulfonamides is 1. The number of benzene rings is 1. The van der Waals surface area contributed by atoms with Crippen LogP contribution in [-0.2, 0) is 19.6 Å². The average Bonchev–Trinajstić information content (AvgIpc) is 2.38. The summed E-state index contributed by atoms with van der Waals surface area (Å²) < 4.78 is 22.3. The summed E-state index contributed by atoms with van der Waals surface area (Å²) in [5, 5.41) is 13.6. The predicted molar refractivity (Wildman–Crippen MR) is 77.3 cm³/mol. The van der Waals surface area contributed by atoms with Gasteiger partial charge in [0, 0.05) is 25.1 Å². The molecule has 1 rings (SSSR count). The number of carbonyl (C=O) groups is 2. The number of hydrogen-bond acceptors (Lipinski definition) is 4. The third-order valence-corrected chi connectivity index (χ3v) is 3.80. The molecule has 1 aromatic carbocycles. The molecule has 0 unspecified atom stereocenters. The first kappa shape index (κ1) is 17.1. The lowest BCUT2D eigenvalue weighted by Crippen LogP contribution is -2.30. The summed E-state index contributed by atoms with van der Waals surface area (Å²) in [4.78, 5) is 23.9. The summed E-state index contributed by atoms with van der Waals surface area (Å²) in [7, 11) is -3.76. The second kappa shape index (κ2) is 7.19. The number of nitrogens with zero attached hydrogens (tertiary/aromatic N) is 1. The van der Waals surface area contributed by atoms with Gasteiger partial charge in [0.15, 0.2) is 0 Å². The van der Waals surface area contributed by atoms with Gasteiger partial charge in [-0.3, -0.25) is 9.59 Å². The van der Waals surface area contributed by atoms with Gasteiger partial charge in [0.1, 0.15) is 0 Å². The van der Waals surface area contributed by atoms with Crippen molar-refractivity contribution in [1.82, 2.24) is 0 Å². The normalized spacial score (nSPS) is 11.1. The van der Waals surface area contributed by atoms with Crippen molar-refractivity contribution in [3.8, 4) is 0 Å². The van der Waals surface area contributed by atoms with E-state index in [9.17, 15) is 18.0 Å².